The first-order chi connectivity index (χ1) is 9.24. The van der Waals surface area contributed by atoms with E-state index >= 15 is 0 Å². The van der Waals surface area contributed by atoms with Crippen molar-refractivity contribution in [1.29, 1.82) is 0 Å². The molecule has 1 rings (SSSR count). The molecule has 1 saturated heterocycles. The van der Waals surface area contributed by atoms with E-state index in [9.17, 15) is 9.59 Å². The van der Waals surface area contributed by atoms with Gasteiger partial charge < -0.3 is 15.5 Å². The second kappa shape index (κ2) is 9.78. The maximum absolute atomic E-state index is 11.9. The van der Waals surface area contributed by atoms with Crippen LogP contribution in [0.15, 0.2) is 0 Å². The molecule has 0 aromatic heterocycles. The first kappa shape index (κ1) is 16.0. The van der Waals surface area contributed by atoms with E-state index in [0.29, 0.717) is 19.5 Å². The van der Waals surface area contributed by atoms with Crippen LogP contribution >= 0.6 is 0 Å². The molecule has 2 amide bonds. The van der Waals surface area contributed by atoms with E-state index in [1.54, 1.807) is 0 Å². The predicted octanol–water partition coefficient (Wildman–Crippen LogP) is 0.895. The third kappa shape index (κ3) is 7.15. The molecule has 110 valence electrons. The fraction of sp³-hybridized carbons (Fsp3) is 0.857. The second-order valence-corrected chi connectivity index (χ2v) is 5.07. The molecule has 0 radical (unpaired) electrons. The average Bonchev–Trinajstić information content (AvgIpc) is 2.70. The van der Waals surface area contributed by atoms with E-state index in [-0.39, 0.29) is 11.8 Å². The van der Waals surface area contributed by atoms with E-state index in [1.807, 2.05) is 11.8 Å². The van der Waals surface area contributed by atoms with Crippen molar-refractivity contribution < 1.29 is 9.59 Å². The van der Waals surface area contributed by atoms with Crippen molar-refractivity contribution in [1.82, 2.24) is 15.5 Å². The number of carbonyl (C=O) groups excluding carboxylic acids is 2. The lowest BCUT2D eigenvalue weighted by Crippen LogP contribution is -2.39. The Hall–Kier alpha value is -1.10. The molecule has 0 aliphatic carbocycles. The summed E-state index contributed by atoms with van der Waals surface area (Å²) >= 11 is 0. The number of rotatable bonds is 7. The van der Waals surface area contributed by atoms with Crippen LogP contribution in [-0.4, -0.2) is 49.4 Å². The fourth-order valence-corrected chi connectivity index (χ4v) is 2.18. The van der Waals surface area contributed by atoms with E-state index in [2.05, 4.69) is 10.6 Å². The zero-order chi connectivity index (χ0) is 13.9. The van der Waals surface area contributed by atoms with Crippen LogP contribution in [0.4, 0.5) is 0 Å². The first-order valence-electron chi connectivity index (χ1n) is 7.49. The molecule has 2 N–H and O–H groups in total. The van der Waals surface area contributed by atoms with Gasteiger partial charge >= 0.3 is 0 Å². The lowest BCUT2D eigenvalue weighted by molar-refractivity contribution is -0.130. The lowest BCUT2D eigenvalue weighted by Gasteiger charge is -2.20. The smallest absolute Gasteiger partial charge is 0.236 e. The van der Waals surface area contributed by atoms with Gasteiger partial charge in [-0.25, -0.2) is 0 Å². The Morgan fingerprint density at radius 2 is 1.74 bits per heavy atom. The number of hydrogen-bond donors (Lipinski definition) is 2. The van der Waals surface area contributed by atoms with E-state index in [0.717, 1.165) is 38.9 Å². The molecule has 0 aromatic rings. The van der Waals surface area contributed by atoms with Crippen molar-refractivity contribution in [2.24, 2.45) is 0 Å². The maximum atomic E-state index is 11.9. The minimum absolute atomic E-state index is 0.0524. The maximum Gasteiger partial charge on any atom is 0.236 e. The third-order valence-electron chi connectivity index (χ3n) is 3.34. The summed E-state index contributed by atoms with van der Waals surface area (Å²) in [5.74, 6) is 0.215. The number of nitrogens with one attached hydrogen (secondary N) is 2. The summed E-state index contributed by atoms with van der Waals surface area (Å²) in [5, 5.41) is 5.88. The molecule has 0 bridgehead atoms. The van der Waals surface area contributed by atoms with Gasteiger partial charge in [-0.3, -0.25) is 9.59 Å². The zero-order valence-electron chi connectivity index (χ0n) is 12.0. The molecule has 0 unspecified atom stereocenters. The summed E-state index contributed by atoms with van der Waals surface area (Å²) in [6.07, 6.45) is 6.08. The normalized spacial score (nSPS) is 15.9. The summed E-state index contributed by atoms with van der Waals surface area (Å²) in [6, 6.07) is 0. The van der Waals surface area contributed by atoms with Gasteiger partial charge in [0.15, 0.2) is 0 Å². The Kier molecular flexibility index (Phi) is 8.21. The van der Waals surface area contributed by atoms with Crippen LogP contribution in [0.5, 0.6) is 0 Å². The van der Waals surface area contributed by atoms with Crippen LogP contribution in [0.25, 0.3) is 0 Å². The molecule has 0 spiro atoms. The van der Waals surface area contributed by atoms with Crippen molar-refractivity contribution in [3.05, 3.63) is 0 Å². The van der Waals surface area contributed by atoms with E-state index in [4.69, 9.17) is 0 Å². The van der Waals surface area contributed by atoms with Gasteiger partial charge in [-0.05, 0) is 19.3 Å². The van der Waals surface area contributed by atoms with Crippen LogP contribution in [-0.2, 0) is 9.59 Å². The van der Waals surface area contributed by atoms with Gasteiger partial charge in [-0.2, -0.15) is 0 Å². The molecule has 1 aliphatic rings. The largest absolute Gasteiger partial charge is 0.356 e. The Balaban J connectivity index is 2.07. The summed E-state index contributed by atoms with van der Waals surface area (Å²) in [4.78, 5) is 25.2. The molecular formula is C14H27N3O2. The predicted molar refractivity (Wildman–Crippen MR) is 75.8 cm³/mol. The molecule has 1 aliphatic heterocycles. The molecule has 0 aromatic carbocycles. The van der Waals surface area contributed by atoms with Crippen molar-refractivity contribution >= 4 is 11.8 Å². The Morgan fingerprint density at radius 3 is 2.37 bits per heavy atom. The lowest BCUT2D eigenvalue weighted by atomic mass is 10.2. The van der Waals surface area contributed by atoms with Crippen LogP contribution < -0.4 is 10.6 Å². The van der Waals surface area contributed by atoms with Crippen molar-refractivity contribution in [3.8, 4) is 0 Å². The highest BCUT2D eigenvalue weighted by molar-refractivity contribution is 5.78. The van der Waals surface area contributed by atoms with Gasteiger partial charge in [0.25, 0.3) is 0 Å². The van der Waals surface area contributed by atoms with E-state index < -0.39 is 0 Å². The van der Waals surface area contributed by atoms with Crippen LogP contribution in [0.3, 0.4) is 0 Å². The molecule has 1 heterocycles. The quantitative estimate of drug-likeness (QED) is 0.675. The second-order valence-electron chi connectivity index (χ2n) is 5.07. The molecule has 19 heavy (non-hydrogen) atoms. The number of hydrogen-bond acceptors (Lipinski definition) is 3. The number of carbonyl (C=O) groups is 2. The summed E-state index contributed by atoms with van der Waals surface area (Å²) < 4.78 is 0. The Labute approximate surface area is 116 Å². The highest BCUT2D eigenvalue weighted by Crippen LogP contribution is 2.09. The standard InChI is InChI=1S/C14H27N3O2/c1-2-8-16-13(18)7-9-15-12-14(19)17-10-5-3-4-6-11-17/h15H,2-12H2,1H3,(H,16,18). The fourth-order valence-electron chi connectivity index (χ4n) is 2.18. The highest BCUT2D eigenvalue weighted by Gasteiger charge is 2.14. The Morgan fingerprint density at radius 1 is 1.05 bits per heavy atom. The van der Waals surface area contributed by atoms with Crippen molar-refractivity contribution in [2.75, 3.05) is 32.7 Å². The topological polar surface area (TPSA) is 61.4 Å². The Bertz CT molecular complexity index is 274. The molecule has 0 saturated carbocycles. The molecule has 1 fully saturated rings. The van der Waals surface area contributed by atoms with Gasteiger partial charge in [0, 0.05) is 32.6 Å². The molecular weight excluding hydrogens is 242 g/mol. The third-order valence-corrected chi connectivity index (χ3v) is 3.34. The summed E-state index contributed by atoms with van der Waals surface area (Å²) in [7, 11) is 0. The summed E-state index contributed by atoms with van der Waals surface area (Å²) in [6.45, 7) is 5.44. The number of likely N-dealkylation sites (tertiary alicyclic amines) is 1. The van der Waals surface area contributed by atoms with Gasteiger partial charge in [0.1, 0.15) is 0 Å². The van der Waals surface area contributed by atoms with Crippen LogP contribution in [0, 0.1) is 0 Å². The molecule has 0 atom stereocenters. The van der Waals surface area contributed by atoms with Gasteiger partial charge in [0.05, 0.1) is 6.54 Å². The average molecular weight is 269 g/mol. The van der Waals surface area contributed by atoms with Crippen molar-refractivity contribution in [3.63, 3.8) is 0 Å². The molecule has 5 nitrogen and oxygen atoms in total. The SMILES string of the molecule is CCCNC(=O)CCNCC(=O)N1CCCCCC1. The van der Waals surface area contributed by atoms with Crippen molar-refractivity contribution in [2.45, 2.75) is 45.4 Å². The van der Waals surface area contributed by atoms with Crippen LogP contribution in [0.1, 0.15) is 45.4 Å². The zero-order valence-corrected chi connectivity index (χ0v) is 12.0. The minimum atomic E-state index is 0.0524. The number of nitrogens with zero attached hydrogens (tertiary/aromatic N) is 1. The van der Waals surface area contributed by atoms with E-state index in [1.165, 1.54) is 12.8 Å². The van der Waals surface area contributed by atoms with Gasteiger partial charge in [-0.15, -0.1) is 0 Å². The monoisotopic (exact) mass is 269 g/mol. The van der Waals surface area contributed by atoms with Gasteiger partial charge in [0.2, 0.25) is 11.8 Å². The van der Waals surface area contributed by atoms with Crippen LogP contribution in [0.2, 0.25) is 0 Å². The number of amides is 2. The highest BCUT2D eigenvalue weighted by atomic mass is 16.2. The first-order valence-corrected chi connectivity index (χ1v) is 7.49. The summed E-state index contributed by atoms with van der Waals surface area (Å²) in [5.41, 5.74) is 0. The molecule has 5 heteroatoms. The minimum Gasteiger partial charge on any atom is -0.356 e. The van der Waals surface area contributed by atoms with Gasteiger partial charge in [-0.1, -0.05) is 19.8 Å².